The molecule has 0 saturated heterocycles. The minimum atomic E-state index is 0.586. The Balaban J connectivity index is 1.42. The highest BCUT2D eigenvalue weighted by Gasteiger charge is 2.20. The number of hydrogen-bond acceptors (Lipinski definition) is 5. The number of furan rings is 1. The van der Waals surface area contributed by atoms with E-state index < -0.39 is 0 Å². The van der Waals surface area contributed by atoms with Crippen LogP contribution in [0.1, 0.15) is 0 Å². The standard InChI is InChI=1S/C38H22N4O/c1-2-10-24(11-3-1)36-40-37(29-15-8-16-33-35(29)31-22-39-20-19-32(31)43-33)42-38(41-36)30-21-25-12-5-6-13-26(25)28-18-17-23-9-4-7-14-27(23)34(28)30/h1-22H. The summed E-state index contributed by atoms with van der Waals surface area (Å²) in [4.78, 5) is 19.8. The second-order valence-corrected chi connectivity index (χ2v) is 10.7. The first-order valence-corrected chi connectivity index (χ1v) is 14.2. The monoisotopic (exact) mass is 550 g/mol. The van der Waals surface area contributed by atoms with Crippen molar-refractivity contribution in [3.63, 3.8) is 0 Å². The van der Waals surface area contributed by atoms with Crippen LogP contribution in [0.5, 0.6) is 0 Å². The van der Waals surface area contributed by atoms with E-state index in [0.29, 0.717) is 17.5 Å². The zero-order valence-corrected chi connectivity index (χ0v) is 22.9. The Morgan fingerprint density at radius 2 is 1.19 bits per heavy atom. The molecule has 0 amide bonds. The zero-order valence-electron chi connectivity index (χ0n) is 22.9. The summed E-state index contributed by atoms with van der Waals surface area (Å²) in [5, 5.41) is 8.84. The Morgan fingerprint density at radius 1 is 0.442 bits per heavy atom. The first-order chi connectivity index (χ1) is 21.3. The lowest BCUT2D eigenvalue weighted by Gasteiger charge is -2.14. The first kappa shape index (κ1) is 23.7. The summed E-state index contributed by atoms with van der Waals surface area (Å²) in [6.45, 7) is 0. The van der Waals surface area contributed by atoms with E-state index in [2.05, 4.69) is 71.7 Å². The van der Waals surface area contributed by atoms with E-state index in [1.54, 1.807) is 6.20 Å². The molecule has 9 rings (SSSR count). The normalized spacial score (nSPS) is 11.7. The molecule has 3 heterocycles. The van der Waals surface area contributed by atoms with Gasteiger partial charge in [-0.2, -0.15) is 0 Å². The molecular formula is C38H22N4O. The lowest BCUT2D eigenvalue weighted by atomic mass is 9.92. The van der Waals surface area contributed by atoms with Gasteiger partial charge in [-0.1, -0.05) is 103 Å². The Bertz CT molecular complexity index is 2520. The number of benzene rings is 6. The van der Waals surface area contributed by atoms with Crippen LogP contribution in [0.4, 0.5) is 0 Å². The van der Waals surface area contributed by atoms with Gasteiger partial charge in [0.2, 0.25) is 0 Å². The van der Waals surface area contributed by atoms with E-state index in [9.17, 15) is 0 Å². The number of pyridine rings is 1. The molecule has 0 radical (unpaired) electrons. The van der Waals surface area contributed by atoms with Crippen LogP contribution in [0.2, 0.25) is 0 Å². The maximum Gasteiger partial charge on any atom is 0.164 e. The van der Waals surface area contributed by atoms with E-state index in [0.717, 1.165) is 54.8 Å². The fourth-order valence-electron chi connectivity index (χ4n) is 6.25. The summed E-state index contributed by atoms with van der Waals surface area (Å²) in [5.41, 5.74) is 4.32. The molecule has 3 aromatic heterocycles. The quantitative estimate of drug-likeness (QED) is 0.205. The molecule has 5 nitrogen and oxygen atoms in total. The van der Waals surface area contributed by atoms with Crippen LogP contribution in [0.3, 0.4) is 0 Å². The van der Waals surface area contributed by atoms with E-state index >= 15 is 0 Å². The maximum absolute atomic E-state index is 6.19. The van der Waals surface area contributed by atoms with Gasteiger partial charge in [0.1, 0.15) is 11.2 Å². The third kappa shape index (κ3) is 3.72. The third-order valence-corrected chi connectivity index (χ3v) is 8.19. The highest BCUT2D eigenvalue weighted by Crippen LogP contribution is 2.40. The molecule has 0 aliphatic heterocycles. The summed E-state index contributed by atoms with van der Waals surface area (Å²) < 4.78 is 6.19. The average molecular weight is 551 g/mol. The lowest BCUT2D eigenvalue weighted by Crippen LogP contribution is -2.01. The Hall–Kier alpha value is -5.94. The van der Waals surface area contributed by atoms with Crippen LogP contribution >= 0.6 is 0 Å². The SMILES string of the molecule is c1ccc(-c2nc(-c3cccc4oc5ccncc5c34)nc(-c3cc4ccccc4c4ccc5ccccc5c34)n2)cc1. The highest BCUT2D eigenvalue weighted by atomic mass is 16.3. The van der Waals surface area contributed by atoms with Crippen LogP contribution < -0.4 is 0 Å². The van der Waals surface area contributed by atoms with Crippen molar-refractivity contribution in [3.8, 4) is 34.2 Å². The number of fused-ring (bicyclic) bond motifs is 8. The molecule has 0 aliphatic rings. The predicted octanol–water partition coefficient (Wildman–Crippen LogP) is 9.63. The van der Waals surface area contributed by atoms with Gasteiger partial charge in [-0.15, -0.1) is 0 Å². The minimum Gasteiger partial charge on any atom is -0.456 e. The fourth-order valence-corrected chi connectivity index (χ4v) is 6.25. The molecular weight excluding hydrogens is 528 g/mol. The van der Waals surface area contributed by atoms with Gasteiger partial charge in [-0.05, 0) is 45.1 Å². The molecule has 0 bridgehead atoms. The van der Waals surface area contributed by atoms with Gasteiger partial charge in [0.25, 0.3) is 0 Å². The van der Waals surface area contributed by atoms with Crippen LogP contribution in [0.25, 0.3) is 88.4 Å². The van der Waals surface area contributed by atoms with Crippen molar-refractivity contribution in [2.75, 3.05) is 0 Å². The number of aromatic nitrogens is 4. The summed E-state index contributed by atoms with van der Waals surface area (Å²) in [6.07, 6.45) is 3.59. The van der Waals surface area contributed by atoms with E-state index in [4.69, 9.17) is 19.4 Å². The van der Waals surface area contributed by atoms with Crippen molar-refractivity contribution in [2.24, 2.45) is 0 Å². The van der Waals surface area contributed by atoms with Crippen LogP contribution in [0, 0.1) is 0 Å². The van der Waals surface area contributed by atoms with E-state index in [-0.39, 0.29) is 0 Å². The Kier molecular flexibility index (Phi) is 5.13. The highest BCUT2D eigenvalue weighted by molar-refractivity contribution is 6.22. The maximum atomic E-state index is 6.19. The van der Waals surface area contributed by atoms with Crippen molar-refractivity contribution >= 4 is 54.3 Å². The number of nitrogens with zero attached hydrogens (tertiary/aromatic N) is 4. The summed E-state index contributed by atoms with van der Waals surface area (Å²) >= 11 is 0. The molecule has 0 atom stereocenters. The smallest absolute Gasteiger partial charge is 0.164 e. The van der Waals surface area contributed by atoms with Crippen molar-refractivity contribution < 1.29 is 4.42 Å². The van der Waals surface area contributed by atoms with Crippen LogP contribution in [-0.4, -0.2) is 19.9 Å². The molecule has 6 aromatic carbocycles. The van der Waals surface area contributed by atoms with Crippen molar-refractivity contribution in [1.29, 1.82) is 0 Å². The molecule has 5 heteroatoms. The minimum absolute atomic E-state index is 0.586. The van der Waals surface area contributed by atoms with E-state index in [1.165, 1.54) is 16.2 Å². The van der Waals surface area contributed by atoms with Crippen molar-refractivity contribution in [3.05, 3.63) is 134 Å². The molecule has 0 unspecified atom stereocenters. The molecule has 0 spiro atoms. The molecule has 0 fully saturated rings. The summed E-state index contributed by atoms with van der Waals surface area (Å²) in [7, 11) is 0. The lowest BCUT2D eigenvalue weighted by molar-refractivity contribution is 0.668. The van der Waals surface area contributed by atoms with Gasteiger partial charge in [-0.25, -0.2) is 15.0 Å². The molecule has 200 valence electrons. The van der Waals surface area contributed by atoms with Gasteiger partial charge >= 0.3 is 0 Å². The van der Waals surface area contributed by atoms with Crippen LogP contribution in [0.15, 0.2) is 138 Å². The van der Waals surface area contributed by atoms with Crippen molar-refractivity contribution in [2.45, 2.75) is 0 Å². The molecule has 0 saturated carbocycles. The molecule has 9 aromatic rings. The largest absolute Gasteiger partial charge is 0.456 e. The first-order valence-electron chi connectivity index (χ1n) is 14.2. The van der Waals surface area contributed by atoms with Gasteiger partial charge < -0.3 is 4.42 Å². The number of hydrogen-bond donors (Lipinski definition) is 0. The third-order valence-electron chi connectivity index (χ3n) is 8.19. The number of rotatable bonds is 3. The second kappa shape index (κ2) is 9.29. The van der Waals surface area contributed by atoms with Gasteiger partial charge in [-0.3, -0.25) is 4.98 Å². The van der Waals surface area contributed by atoms with Gasteiger partial charge in [0, 0.05) is 45.2 Å². The second-order valence-electron chi connectivity index (χ2n) is 10.7. The molecule has 43 heavy (non-hydrogen) atoms. The topological polar surface area (TPSA) is 64.7 Å². The van der Waals surface area contributed by atoms with Gasteiger partial charge in [0.05, 0.1) is 0 Å². The predicted molar refractivity (Wildman–Crippen MR) is 174 cm³/mol. The summed E-state index contributed by atoms with van der Waals surface area (Å²) in [6, 6.07) is 41.6. The van der Waals surface area contributed by atoms with E-state index in [1.807, 2.05) is 60.8 Å². The Labute approximate surface area is 246 Å². The van der Waals surface area contributed by atoms with Gasteiger partial charge in [0.15, 0.2) is 17.5 Å². The van der Waals surface area contributed by atoms with Crippen molar-refractivity contribution in [1.82, 2.24) is 19.9 Å². The van der Waals surface area contributed by atoms with Crippen LogP contribution in [-0.2, 0) is 0 Å². The Morgan fingerprint density at radius 3 is 2.07 bits per heavy atom. The average Bonchev–Trinajstić information content (AvgIpc) is 3.47. The zero-order chi connectivity index (χ0) is 28.3. The molecule has 0 N–H and O–H groups in total. The molecule has 0 aliphatic carbocycles. The fraction of sp³-hybridized carbons (Fsp3) is 0. The summed E-state index contributed by atoms with van der Waals surface area (Å²) in [5.74, 6) is 1.83.